The Balaban J connectivity index is 1.57. The number of hydrogen-bond acceptors (Lipinski definition) is 3. The number of hydrogen-bond donors (Lipinski definition) is 1. The Morgan fingerprint density at radius 3 is 3.19 bits per heavy atom. The van der Waals surface area contributed by atoms with E-state index in [1.807, 2.05) is 10.9 Å². The number of ether oxygens (including phenoxy) is 1. The molecule has 1 atom stereocenters. The molecule has 2 rings (SSSR count). The minimum atomic E-state index is 0.424. The standard InChI is InChI=1S/C12H21N3O/c1-11-8-14-15(10-11)6-5-13-9-12-4-2-3-7-16-12/h8,10,12-13H,2-7,9H2,1H3/t12-/m0/s1. The molecule has 0 saturated carbocycles. The molecule has 0 spiro atoms. The first kappa shape index (κ1) is 11.6. The van der Waals surface area contributed by atoms with Crippen molar-refractivity contribution in [3.05, 3.63) is 18.0 Å². The Bertz CT molecular complexity index is 305. The van der Waals surface area contributed by atoms with Gasteiger partial charge in [0.05, 0.1) is 18.8 Å². The zero-order chi connectivity index (χ0) is 11.2. The Kier molecular flexibility index (Phi) is 4.36. The van der Waals surface area contributed by atoms with E-state index in [2.05, 4.69) is 23.5 Å². The molecule has 1 fully saturated rings. The van der Waals surface area contributed by atoms with Crippen LogP contribution in [0.4, 0.5) is 0 Å². The van der Waals surface area contributed by atoms with Crippen molar-refractivity contribution in [2.45, 2.75) is 38.8 Å². The molecule has 1 saturated heterocycles. The molecule has 1 aromatic heterocycles. The Hall–Kier alpha value is -0.870. The van der Waals surface area contributed by atoms with Crippen molar-refractivity contribution in [2.75, 3.05) is 19.7 Å². The van der Waals surface area contributed by atoms with Crippen LogP contribution in [0.2, 0.25) is 0 Å². The van der Waals surface area contributed by atoms with E-state index in [0.717, 1.165) is 26.2 Å². The van der Waals surface area contributed by atoms with Crippen molar-refractivity contribution in [2.24, 2.45) is 0 Å². The minimum Gasteiger partial charge on any atom is -0.377 e. The van der Waals surface area contributed by atoms with Gasteiger partial charge in [-0.15, -0.1) is 0 Å². The molecule has 1 aliphatic rings. The van der Waals surface area contributed by atoms with Gasteiger partial charge in [-0.2, -0.15) is 5.10 Å². The largest absolute Gasteiger partial charge is 0.377 e. The molecule has 90 valence electrons. The van der Waals surface area contributed by atoms with Crippen molar-refractivity contribution in [1.29, 1.82) is 0 Å². The first-order valence-corrected chi connectivity index (χ1v) is 6.16. The predicted octanol–water partition coefficient (Wildman–Crippen LogP) is 1.35. The van der Waals surface area contributed by atoms with Crippen LogP contribution in [0, 0.1) is 6.92 Å². The second kappa shape index (κ2) is 6.01. The average Bonchev–Trinajstić information content (AvgIpc) is 2.72. The van der Waals surface area contributed by atoms with Crippen LogP contribution in [0.5, 0.6) is 0 Å². The number of aromatic nitrogens is 2. The highest BCUT2D eigenvalue weighted by Crippen LogP contribution is 2.11. The molecule has 1 aliphatic heterocycles. The van der Waals surface area contributed by atoms with E-state index < -0.39 is 0 Å². The molecule has 0 aromatic carbocycles. The van der Waals surface area contributed by atoms with Gasteiger partial charge in [0.15, 0.2) is 0 Å². The number of aryl methyl sites for hydroxylation is 1. The average molecular weight is 223 g/mol. The Morgan fingerprint density at radius 1 is 1.56 bits per heavy atom. The molecular formula is C12H21N3O. The van der Waals surface area contributed by atoms with Gasteiger partial charge < -0.3 is 10.1 Å². The van der Waals surface area contributed by atoms with Crippen LogP contribution in [0.3, 0.4) is 0 Å². The molecule has 1 aromatic rings. The van der Waals surface area contributed by atoms with Gasteiger partial charge in [-0.05, 0) is 31.7 Å². The monoisotopic (exact) mass is 223 g/mol. The van der Waals surface area contributed by atoms with Gasteiger partial charge in [-0.3, -0.25) is 4.68 Å². The third kappa shape index (κ3) is 3.61. The van der Waals surface area contributed by atoms with Crippen LogP contribution >= 0.6 is 0 Å². The fourth-order valence-corrected chi connectivity index (χ4v) is 2.01. The smallest absolute Gasteiger partial charge is 0.0699 e. The van der Waals surface area contributed by atoms with E-state index in [9.17, 15) is 0 Å². The highest BCUT2D eigenvalue weighted by atomic mass is 16.5. The van der Waals surface area contributed by atoms with Crippen LogP contribution in [0.15, 0.2) is 12.4 Å². The van der Waals surface area contributed by atoms with Crippen molar-refractivity contribution < 1.29 is 4.74 Å². The lowest BCUT2D eigenvalue weighted by molar-refractivity contribution is 0.0169. The lowest BCUT2D eigenvalue weighted by Crippen LogP contribution is -2.33. The predicted molar refractivity (Wildman–Crippen MR) is 63.4 cm³/mol. The van der Waals surface area contributed by atoms with Crippen LogP contribution in [-0.4, -0.2) is 35.6 Å². The Labute approximate surface area is 97.0 Å². The first-order chi connectivity index (χ1) is 7.84. The quantitative estimate of drug-likeness (QED) is 0.766. The molecule has 0 amide bonds. The summed E-state index contributed by atoms with van der Waals surface area (Å²) in [5.41, 5.74) is 1.22. The van der Waals surface area contributed by atoms with Crippen LogP contribution in [0.25, 0.3) is 0 Å². The van der Waals surface area contributed by atoms with E-state index in [0.29, 0.717) is 6.10 Å². The number of rotatable bonds is 5. The molecule has 0 aliphatic carbocycles. The molecule has 4 heteroatoms. The molecule has 4 nitrogen and oxygen atoms in total. The molecule has 2 heterocycles. The normalized spacial score (nSPS) is 21.2. The summed E-state index contributed by atoms with van der Waals surface area (Å²) in [7, 11) is 0. The van der Waals surface area contributed by atoms with Gasteiger partial charge in [0.2, 0.25) is 0 Å². The fourth-order valence-electron chi connectivity index (χ4n) is 2.01. The second-order valence-electron chi connectivity index (χ2n) is 4.47. The zero-order valence-electron chi connectivity index (χ0n) is 9.98. The number of nitrogens with zero attached hydrogens (tertiary/aromatic N) is 2. The molecule has 0 bridgehead atoms. The summed E-state index contributed by atoms with van der Waals surface area (Å²) in [4.78, 5) is 0. The van der Waals surface area contributed by atoms with Crippen molar-refractivity contribution in [3.8, 4) is 0 Å². The van der Waals surface area contributed by atoms with E-state index in [1.54, 1.807) is 0 Å². The highest BCUT2D eigenvalue weighted by Gasteiger charge is 2.12. The third-order valence-corrected chi connectivity index (χ3v) is 2.93. The SMILES string of the molecule is Cc1cnn(CCNC[C@@H]2CCCCO2)c1. The lowest BCUT2D eigenvalue weighted by Gasteiger charge is -2.22. The van der Waals surface area contributed by atoms with E-state index >= 15 is 0 Å². The van der Waals surface area contributed by atoms with Crippen LogP contribution in [-0.2, 0) is 11.3 Å². The van der Waals surface area contributed by atoms with E-state index in [4.69, 9.17) is 4.74 Å². The summed E-state index contributed by atoms with van der Waals surface area (Å²) in [6.07, 6.45) is 8.12. The second-order valence-corrected chi connectivity index (χ2v) is 4.47. The Morgan fingerprint density at radius 2 is 2.50 bits per heavy atom. The topological polar surface area (TPSA) is 39.1 Å². The van der Waals surface area contributed by atoms with Crippen molar-refractivity contribution in [3.63, 3.8) is 0 Å². The van der Waals surface area contributed by atoms with Gasteiger partial charge in [-0.25, -0.2) is 0 Å². The molecule has 16 heavy (non-hydrogen) atoms. The van der Waals surface area contributed by atoms with Crippen LogP contribution in [0.1, 0.15) is 24.8 Å². The summed E-state index contributed by atoms with van der Waals surface area (Å²) in [6.45, 7) is 5.86. The maximum Gasteiger partial charge on any atom is 0.0699 e. The zero-order valence-corrected chi connectivity index (χ0v) is 9.98. The van der Waals surface area contributed by atoms with Crippen molar-refractivity contribution in [1.82, 2.24) is 15.1 Å². The molecule has 1 N–H and O–H groups in total. The molecule has 0 unspecified atom stereocenters. The van der Waals surface area contributed by atoms with Gasteiger partial charge in [0.25, 0.3) is 0 Å². The third-order valence-electron chi connectivity index (χ3n) is 2.93. The van der Waals surface area contributed by atoms with Gasteiger partial charge in [-0.1, -0.05) is 0 Å². The van der Waals surface area contributed by atoms with Crippen molar-refractivity contribution >= 4 is 0 Å². The molecular weight excluding hydrogens is 202 g/mol. The fraction of sp³-hybridized carbons (Fsp3) is 0.750. The molecule has 0 radical (unpaired) electrons. The summed E-state index contributed by atoms with van der Waals surface area (Å²) >= 11 is 0. The summed E-state index contributed by atoms with van der Waals surface area (Å²) in [5, 5.41) is 7.67. The van der Waals surface area contributed by atoms with Gasteiger partial charge in [0.1, 0.15) is 0 Å². The van der Waals surface area contributed by atoms with Gasteiger partial charge >= 0.3 is 0 Å². The maximum atomic E-state index is 5.65. The first-order valence-electron chi connectivity index (χ1n) is 6.16. The summed E-state index contributed by atoms with van der Waals surface area (Å²) in [5.74, 6) is 0. The lowest BCUT2D eigenvalue weighted by atomic mass is 10.1. The minimum absolute atomic E-state index is 0.424. The highest BCUT2D eigenvalue weighted by molar-refractivity contribution is 4.99. The maximum absolute atomic E-state index is 5.65. The summed E-state index contributed by atoms with van der Waals surface area (Å²) < 4.78 is 7.63. The van der Waals surface area contributed by atoms with E-state index in [-0.39, 0.29) is 0 Å². The van der Waals surface area contributed by atoms with Crippen LogP contribution < -0.4 is 5.32 Å². The number of nitrogens with one attached hydrogen (secondary N) is 1. The van der Waals surface area contributed by atoms with E-state index in [1.165, 1.54) is 24.8 Å². The summed E-state index contributed by atoms with van der Waals surface area (Å²) in [6, 6.07) is 0. The van der Waals surface area contributed by atoms with Gasteiger partial charge in [0, 0.05) is 25.9 Å².